The number of ketones is 1. The Kier molecular flexibility index (Phi) is 4.61. The molecule has 2 atom stereocenters. The molecule has 0 saturated heterocycles. The first kappa shape index (κ1) is 12.8. The first-order valence-corrected chi connectivity index (χ1v) is 5.67. The Bertz CT molecular complexity index is 346. The molecule has 16 heavy (non-hydrogen) atoms. The monoisotopic (exact) mass is 224 g/mol. The Morgan fingerprint density at radius 2 is 2.19 bits per heavy atom. The maximum absolute atomic E-state index is 12.0. The number of carbonyl (C=O) groups excluding carboxylic acids is 1. The second-order valence-corrected chi connectivity index (χ2v) is 4.42. The maximum atomic E-state index is 12.0. The normalized spacial score (nSPS) is 14.8. The second kappa shape index (κ2) is 5.75. The molecule has 0 aliphatic carbocycles. The first-order valence-electron chi connectivity index (χ1n) is 5.67. The van der Waals surface area contributed by atoms with Crippen molar-refractivity contribution in [2.75, 3.05) is 0 Å². The number of hydrogen-bond acceptors (Lipinski definition) is 4. The van der Waals surface area contributed by atoms with Gasteiger partial charge in [0.15, 0.2) is 5.78 Å². The molecule has 0 aliphatic rings. The van der Waals surface area contributed by atoms with Gasteiger partial charge in [0.2, 0.25) is 0 Å². The molecule has 0 aliphatic heterocycles. The fraction of sp³-hybridized carbons (Fsp3) is 0.727. The van der Waals surface area contributed by atoms with Gasteiger partial charge in [0.1, 0.15) is 5.69 Å². The first-order chi connectivity index (χ1) is 7.52. The van der Waals surface area contributed by atoms with Gasteiger partial charge >= 0.3 is 0 Å². The van der Waals surface area contributed by atoms with Crippen LogP contribution in [0, 0.1) is 5.92 Å². The van der Waals surface area contributed by atoms with E-state index in [4.69, 9.17) is 5.73 Å². The van der Waals surface area contributed by atoms with Crippen molar-refractivity contribution >= 4 is 5.78 Å². The van der Waals surface area contributed by atoms with Crippen LogP contribution >= 0.6 is 0 Å². The molecule has 1 rings (SSSR count). The van der Waals surface area contributed by atoms with Gasteiger partial charge in [-0.25, -0.2) is 4.68 Å². The summed E-state index contributed by atoms with van der Waals surface area (Å²) in [6.07, 6.45) is 4.33. The molecule has 0 spiro atoms. The molecule has 0 radical (unpaired) electrons. The summed E-state index contributed by atoms with van der Waals surface area (Å²) in [5.74, 6) is 0.119. The van der Waals surface area contributed by atoms with Crippen molar-refractivity contribution in [1.29, 1.82) is 0 Å². The molecular weight excluding hydrogens is 204 g/mol. The van der Waals surface area contributed by atoms with E-state index < -0.39 is 0 Å². The zero-order valence-electron chi connectivity index (χ0n) is 10.2. The molecule has 90 valence electrons. The summed E-state index contributed by atoms with van der Waals surface area (Å²) >= 11 is 0. The van der Waals surface area contributed by atoms with E-state index in [2.05, 4.69) is 10.3 Å². The molecule has 0 fully saturated rings. The molecule has 5 nitrogen and oxygen atoms in total. The van der Waals surface area contributed by atoms with Crippen LogP contribution in [0.2, 0.25) is 0 Å². The summed E-state index contributed by atoms with van der Waals surface area (Å²) in [6.45, 7) is 3.92. The smallest absolute Gasteiger partial charge is 0.185 e. The average molecular weight is 224 g/mol. The Morgan fingerprint density at radius 1 is 1.50 bits per heavy atom. The zero-order chi connectivity index (χ0) is 12.1. The van der Waals surface area contributed by atoms with Crippen molar-refractivity contribution in [1.82, 2.24) is 15.0 Å². The molecule has 0 aromatic carbocycles. The fourth-order valence-electron chi connectivity index (χ4n) is 1.64. The zero-order valence-corrected chi connectivity index (χ0v) is 10.2. The van der Waals surface area contributed by atoms with Crippen molar-refractivity contribution in [3.05, 3.63) is 11.9 Å². The van der Waals surface area contributed by atoms with E-state index >= 15 is 0 Å². The minimum absolute atomic E-state index is 0.0101. The summed E-state index contributed by atoms with van der Waals surface area (Å²) < 4.78 is 1.52. The van der Waals surface area contributed by atoms with Crippen molar-refractivity contribution in [3.63, 3.8) is 0 Å². The van der Waals surface area contributed by atoms with E-state index in [0.29, 0.717) is 5.69 Å². The largest absolute Gasteiger partial charge is 0.328 e. The number of aryl methyl sites for hydroxylation is 1. The lowest BCUT2D eigenvalue weighted by Crippen LogP contribution is -2.18. The van der Waals surface area contributed by atoms with E-state index in [9.17, 15) is 4.79 Å². The highest BCUT2D eigenvalue weighted by molar-refractivity contribution is 5.95. The molecule has 2 unspecified atom stereocenters. The standard InChI is InChI=1S/C11H20N4O/c1-8(5-4-6-9(2)12)11(16)10-7-13-14-15(10)3/h7-9H,4-6,12H2,1-3H3. The number of nitrogens with zero attached hydrogens (tertiary/aromatic N) is 3. The third-order valence-corrected chi connectivity index (χ3v) is 2.71. The van der Waals surface area contributed by atoms with Crippen LogP contribution in [0.15, 0.2) is 6.20 Å². The summed E-state index contributed by atoms with van der Waals surface area (Å²) in [5.41, 5.74) is 6.24. The Morgan fingerprint density at radius 3 is 2.69 bits per heavy atom. The van der Waals surface area contributed by atoms with Gasteiger partial charge in [0.25, 0.3) is 0 Å². The van der Waals surface area contributed by atoms with E-state index in [-0.39, 0.29) is 17.7 Å². The predicted octanol–water partition coefficient (Wildman–Crippen LogP) is 1.15. The van der Waals surface area contributed by atoms with Crippen LogP contribution < -0.4 is 5.73 Å². The van der Waals surface area contributed by atoms with Gasteiger partial charge in [0.05, 0.1) is 6.20 Å². The van der Waals surface area contributed by atoms with Gasteiger partial charge in [-0.3, -0.25) is 4.79 Å². The Balaban J connectivity index is 2.46. The minimum atomic E-state index is 0.0101. The summed E-state index contributed by atoms with van der Waals surface area (Å²) in [6, 6.07) is 0.209. The maximum Gasteiger partial charge on any atom is 0.185 e. The number of carbonyl (C=O) groups is 1. The average Bonchev–Trinajstić information content (AvgIpc) is 2.62. The molecular formula is C11H20N4O. The van der Waals surface area contributed by atoms with Crippen molar-refractivity contribution < 1.29 is 4.79 Å². The van der Waals surface area contributed by atoms with Crippen molar-refractivity contribution in [3.8, 4) is 0 Å². The number of rotatable bonds is 6. The van der Waals surface area contributed by atoms with Crippen molar-refractivity contribution in [2.45, 2.75) is 39.2 Å². The molecule has 1 aromatic heterocycles. The minimum Gasteiger partial charge on any atom is -0.328 e. The van der Waals surface area contributed by atoms with Crippen LogP contribution in [0.1, 0.15) is 43.6 Å². The van der Waals surface area contributed by atoms with Gasteiger partial charge in [-0.1, -0.05) is 18.6 Å². The highest BCUT2D eigenvalue weighted by Crippen LogP contribution is 2.14. The van der Waals surface area contributed by atoms with Gasteiger partial charge in [-0.2, -0.15) is 0 Å². The van der Waals surface area contributed by atoms with Crippen LogP contribution in [0.3, 0.4) is 0 Å². The third-order valence-electron chi connectivity index (χ3n) is 2.71. The highest BCUT2D eigenvalue weighted by atomic mass is 16.1. The molecule has 1 aromatic rings. The van der Waals surface area contributed by atoms with E-state index in [0.717, 1.165) is 19.3 Å². The third kappa shape index (κ3) is 3.41. The SMILES string of the molecule is CC(N)CCCC(C)C(=O)c1cnnn1C. The van der Waals surface area contributed by atoms with Crippen LogP contribution in [0.5, 0.6) is 0 Å². The Hall–Kier alpha value is -1.23. The topological polar surface area (TPSA) is 73.8 Å². The number of Topliss-reactive ketones (excluding diaryl/α,β-unsaturated/α-hetero) is 1. The quantitative estimate of drug-likeness (QED) is 0.736. The van der Waals surface area contributed by atoms with Gasteiger partial charge in [-0.05, 0) is 19.8 Å². The van der Waals surface area contributed by atoms with Gasteiger partial charge < -0.3 is 5.73 Å². The molecule has 5 heteroatoms. The fourth-order valence-corrected chi connectivity index (χ4v) is 1.64. The molecule has 0 saturated carbocycles. The van der Waals surface area contributed by atoms with E-state index in [1.54, 1.807) is 7.05 Å². The van der Waals surface area contributed by atoms with Crippen LogP contribution in [-0.2, 0) is 7.05 Å². The number of aromatic nitrogens is 3. The lowest BCUT2D eigenvalue weighted by molar-refractivity contribution is 0.0912. The van der Waals surface area contributed by atoms with Crippen LogP contribution in [0.4, 0.5) is 0 Å². The summed E-state index contributed by atoms with van der Waals surface area (Å²) in [4.78, 5) is 12.0. The van der Waals surface area contributed by atoms with E-state index in [1.807, 2.05) is 13.8 Å². The van der Waals surface area contributed by atoms with Crippen LogP contribution in [0.25, 0.3) is 0 Å². The van der Waals surface area contributed by atoms with Crippen LogP contribution in [-0.4, -0.2) is 26.8 Å². The van der Waals surface area contributed by atoms with Gasteiger partial charge in [-0.15, -0.1) is 5.10 Å². The highest BCUT2D eigenvalue weighted by Gasteiger charge is 2.18. The molecule has 0 amide bonds. The van der Waals surface area contributed by atoms with Crippen molar-refractivity contribution in [2.24, 2.45) is 18.7 Å². The molecule has 1 heterocycles. The predicted molar refractivity (Wildman–Crippen MR) is 62.0 cm³/mol. The second-order valence-electron chi connectivity index (χ2n) is 4.42. The molecule has 2 N–H and O–H groups in total. The summed E-state index contributed by atoms with van der Waals surface area (Å²) in [5, 5.41) is 7.46. The number of hydrogen-bond donors (Lipinski definition) is 1. The Labute approximate surface area is 96.0 Å². The lowest BCUT2D eigenvalue weighted by atomic mass is 9.96. The van der Waals surface area contributed by atoms with Gasteiger partial charge in [0, 0.05) is 19.0 Å². The molecule has 0 bridgehead atoms. The lowest BCUT2D eigenvalue weighted by Gasteiger charge is -2.10. The summed E-state index contributed by atoms with van der Waals surface area (Å²) in [7, 11) is 1.73. The van der Waals surface area contributed by atoms with E-state index in [1.165, 1.54) is 10.9 Å². The number of nitrogens with two attached hydrogens (primary N) is 1.